The summed E-state index contributed by atoms with van der Waals surface area (Å²) in [5.41, 5.74) is 3.61. The van der Waals surface area contributed by atoms with E-state index in [-0.39, 0.29) is 11.7 Å². The Kier molecular flexibility index (Phi) is 6.26. The second-order valence-electron chi connectivity index (χ2n) is 8.55. The molecule has 10 heteroatoms. The molecule has 0 unspecified atom stereocenters. The Hall–Kier alpha value is -4.08. The van der Waals surface area contributed by atoms with Crippen molar-refractivity contribution in [3.05, 3.63) is 83.5 Å². The van der Waals surface area contributed by atoms with Crippen LogP contribution in [0.3, 0.4) is 0 Å². The first-order chi connectivity index (χ1) is 17.3. The first-order valence-corrected chi connectivity index (χ1v) is 11.5. The minimum atomic E-state index is -4.71. The van der Waals surface area contributed by atoms with E-state index in [1.807, 2.05) is 52.7 Å². The van der Waals surface area contributed by atoms with Gasteiger partial charge >= 0.3 is 6.36 Å². The molecule has 7 nitrogen and oxygen atoms in total. The number of alkyl halides is 3. The molecule has 2 aromatic carbocycles. The molecule has 0 amide bonds. The summed E-state index contributed by atoms with van der Waals surface area (Å²) in [5, 5.41) is 4.62. The summed E-state index contributed by atoms with van der Waals surface area (Å²) in [6, 6.07) is 11.9. The third-order valence-electron chi connectivity index (χ3n) is 6.03. The van der Waals surface area contributed by atoms with Gasteiger partial charge in [0.25, 0.3) is 0 Å². The Balaban J connectivity index is 1.35. The number of fused-ring (bicyclic) bond motifs is 1. The molecule has 186 valence electrons. The van der Waals surface area contributed by atoms with Crippen LogP contribution >= 0.6 is 0 Å². The number of nitrogens with zero attached hydrogens (tertiary/aromatic N) is 5. The van der Waals surface area contributed by atoms with Crippen molar-refractivity contribution in [2.24, 2.45) is 0 Å². The van der Waals surface area contributed by atoms with Crippen LogP contribution in [0.15, 0.2) is 55.0 Å². The molecule has 4 aromatic rings. The van der Waals surface area contributed by atoms with Crippen LogP contribution in [0.25, 0.3) is 17.8 Å². The molecule has 0 fully saturated rings. The van der Waals surface area contributed by atoms with Gasteiger partial charge in [-0.05, 0) is 61.2 Å². The highest BCUT2D eigenvalue weighted by Crippen LogP contribution is 2.34. The van der Waals surface area contributed by atoms with Crippen molar-refractivity contribution in [3.63, 3.8) is 0 Å². The number of benzene rings is 2. The summed E-state index contributed by atoms with van der Waals surface area (Å²) in [6.07, 6.45) is 4.47. The first kappa shape index (κ1) is 23.7. The molecule has 2 aromatic heterocycles. The van der Waals surface area contributed by atoms with Crippen LogP contribution in [0.4, 0.5) is 13.2 Å². The SMILES string of the molecule is COc1cc(/C=C/c2nc3n(n2)CCC[C@H]3c2ccc(OC(F)(F)F)cc2)ccc1-n1cnc(C)c1. The highest BCUT2D eigenvalue weighted by Gasteiger charge is 2.31. The number of halogens is 3. The summed E-state index contributed by atoms with van der Waals surface area (Å²) in [5.74, 6) is 1.80. The van der Waals surface area contributed by atoms with E-state index in [2.05, 4.69) is 14.8 Å². The smallest absolute Gasteiger partial charge is 0.495 e. The average Bonchev–Trinajstić information content (AvgIpc) is 3.48. The van der Waals surface area contributed by atoms with Crippen molar-refractivity contribution >= 4 is 12.2 Å². The first-order valence-electron chi connectivity index (χ1n) is 11.5. The molecular formula is C26H24F3N5O2. The predicted molar refractivity (Wildman–Crippen MR) is 128 cm³/mol. The molecule has 0 N–H and O–H groups in total. The predicted octanol–water partition coefficient (Wildman–Crippen LogP) is 5.78. The van der Waals surface area contributed by atoms with Crippen LogP contribution in [0.5, 0.6) is 11.5 Å². The fraction of sp³-hybridized carbons (Fsp3) is 0.269. The molecule has 0 saturated heterocycles. The van der Waals surface area contributed by atoms with Crippen LogP contribution in [0.2, 0.25) is 0 Å². The van der Waals surface area contributed by atoms with E-state index in [1.165, 1.54) is 12.1 Å². The summed E-state index contributed by atoms with van der Waals surface area (Å²) < 4.78 is 50.8. The summed E-state index contributed by atoms with van der Waals surface area (Å²) in [7, 11) is 1.63. The van der Waals surface area contributed by atoms with Gasteiger partial charge in [-0.1, -0.05) is 24.3 Å². The van der Waals surface area contributed by atoms with E-state index in [4.69, 9.17) is 9.72 Å². The van der Waals surface area contributed by atoms with Gasteiger partial charge in [0.1, 0.15) is 17.3 Å². The molecule has 1 atom stereocenters. The highest BCUT2D eigenvalue weighted by atomic mass is 19.4. The van der Waals surface area contributed by atoms with Crippen LogP contribution in [-0.2, 0) is 6.54 Å². The number of rotatable bonds is 6. The molecule has 3 heterocycles. The summed E-state index contributed by atoms with van der Waals surface area (Å²) >= 11 is 0. The van der Waals surface area contributed by atoms with Crippen LogP contribution in [-0.4, -0.2) is 37.8 Å². The van der Waals surface area contributed by atoms with E-state index in [0.717, 1.165) is 47.7 Å². The zero-order valence-electron chi connectivity index (χ0n) is 19.7. The van der Waals surface area contributed by atoms with Crippen LogP contribution < -0.4 is 9.47 Å². The zero-order chi connectivity index (χ0) is 25.3. The second kappa shape index (κ2) is 9.52. The minimum Gasteiger partial charge on any atom is -0.495 e. The highest BCUT2D eigenvalue weighted by molar-refractivity contribution is 5.69. The topological polar surface area (TPSA) is 67.0 Å². The average molecular weight is 496 g/mol. The van der Waals surface area contributed by atoms with Gasteiger partial charge in [0.15, 0.2) is 5.82 Å². The Morgan fingerprint density at radius 1 is 1.08 bits per heavy atom. The minimum absolute atomic E-state index is 0.0497. The lowest BCUT2D eigenvalue weighted by molar-refractivity contribution is -0.274. The Morgan fingerprint density at radius 2 is 1.89 bits per heavy atom. The van der Waals surface area contributed by atoms with E-state index >= 15 is 0 Å². The summed E-state index contributed by atoms with van der Waals surface area (Å²) in [4.78, 5) is 8.99. The molecule has 0 bridgehead atoms. The van der Waals surface area contributed by atoms with E-state index < -0.39 is 6.36 Å². The molecule has 5 rings (SSSR count). The van der Waals surface area contributed by atoms with Gasteiger partial charge in [0.05, 0.1) is 24.8 Å². The molecule has 0 aliphatic carbocycles. The normalized spacial score (nSPS) is 15.8. The lowest BCUT2D eigenvalue weighted by Gasteiger charge is -2.22. The van der Waals surface area contributed by atoms with Gasteiger partial charge in [0.2, 0.25) is 0 Å². The number of methoxy groups -OCH3 is 1. The number of ether oxygens (including phenoxy) is 2. The Morgan fingerprint density at radius 3 is 2.58 bits per heavy atom. The number of aromatic nitrogens is 5. The number of hydrogen-bond donors (Lipinski definition) is 0. The van der Waals surface area contributed by atoms with Gasteiger partial charge < -0.3 is 14.0 Å². The quantitative estimate of drug-likeness (QED) is 0.340. The zero-order valence-corrected chi connectivity index (χ0v) is 19.7. The lowest BCUT2D eigenvalue weighted by atomic mass is 9.91. The molecular weight excluding hydrogens is 471 g/mol. The monoisotopic (exact) mass is 495 g/mol. The lowest BCUT2D eigenvalue weighted by Crippen LogP contribution is -2.18. The maximum atomic E-state index is 12.5. The van der Waals surface area contributed by atoms with E-state index in [9.17, 15) is 13.2 Å². The standard InChI is InChI=1S/C26H24F3N5O2/c1-17-15-33(16-30-17)22-11-5-18(14-23(22)35-2)6-12-24-31-25-21(4-3-13-34(25)32-24)19-7-9-20(10-8-19)36-26(27,28)29/h5-12,14-16,21H,3-4,13H2,1-2H3/b12-6+/t21-/m0/s1. The van der Waals surface area contributed by atoms with Crippen molar-refractivity contribution < 1.29 is 22.6 Å². The molecule has 0 spiro atoms. The number of hydrogen-bond acceptors (Lipinski definition) is 5. The van der Waals surface area contributed by atoms with Crippen LogP contribution in [0, 0.1) is 6.92 Å². The van der Waals surface area contributed by atoms with Gasteiger partial charge in [-0.25, -0.2) is 14.6 Å². The molecule has 1 aliphatic heterocycles. The maximum Gasteiger partial charge on any atom is 0.573 e. The number of imidazole rings is 1. The van der Waals surface area contributed by atoms with Crippen molar-refractivity contribution in [2.45, 2.75) is 38.6 Å². The van der Waals surface area contributed by atoms with Gasteiger partial charge in [0, 0.05) is 18.7 Å². The van der Waals surface area contributed by atoms with E-state index in [1.54, 1.807) is 25.6 Å². The number of aryl methyl sites for hydroxylation is 2. The Labute approximate surface area is 205 Å². The van der Waals surface area contributed by atoms with Gasteiger partial charge in [-0.15, -0.1) is 13.2 Å². The fourth-order valence-electron chi connectivity index (χ4n) is 4.39. The molecule has 0 saturated carbocycles. The molecule has 0 radical (unpaired) electrons. The maximum absolute atomic E-state index is 12.5. The van der Waals surface area contributed by atoms with Gasteiger partial charge in [-0.2, -0.15) is 5.10 Å². The third kappa shape index (κ3) is 5.12. The fourth-order valence-corrected chi connectivity index (χ4v) is 4.39. The van der Waals surface area contributed by atoms with Crippen molar-refractivity contribution in [1.82, 2.24) is 24.3 Å². The van der Waals surface area contributed by atoms with Gasteiger partial charge in [-0.3, -0.25) is 0 Å². The Bertz CT molecular complexity index is 1390. The largest absolute Gasteiger partial charge is 0.573 e. The van der Waals surface area contributed by atoms with Crippen molar-refractivity contribution in [1.29, 1.82) is 0 Å². The molecule has 1 aliphatic rings. The second-order valence-corrected chi connectivity index (χ2v) is 8.55. The molecule has 36 heavy (non-hydrogen) atoms. The van der Waals surface area contributed by atoms with Crippen LogP contribution in [0.1, 0.15) is 47.2 Å². The summed E-state index contributed by atoms with van der Waals surface area (Å²) in [6.45, 7) is 2.67. The van der Waals surface area contributed by atoms with E-state index in [0.29, 0.717) is 11.6 Å². The third-order valence-corrected chi connectivity index (χ3v) is 6.03. The van der Waals surface area contributed by atoms with Crippen molar-refractivity contribution in [3.8, 4) is 17.2 Å². The van der Waals surface area contributed by atoms with Crippen molar-refractivity contribution in [2.75, 3.05) is 7.11 Å².